The van der Waals surface area contributed by atoms with Crippen LogP contribution in [0.4, 0.5) is 0 Å². The molecule has 2 rings (SSSR count). The highest BCUT2D eigenvalue weighted by atomic mass is 32.2. The van der Waals surface area contributed by atoms with Gasteiger partial charge in [-0.25, -0.2) is 4.40 Å². The molecule has 1 aromatic carbocycles. The second kappa shape index (κ2) is 6.42. The van der Waals surface area contributed by atoms with Gasteiger partial charge in [-0.2, -0.15) is 0 Å². The largest absolute Gasteiger partial charge is 0.220 e. The van der Waals surface area contributed by atoms with E-state index in [0.29, 0.717) is 0 Å². The highest BCUT2D eigenvalue weighted by Crippen LogP contribution is 2.28. The Kier molecular flexibility index (Phi) is 4.87. The van der Waals surface area contributed by atoms with Gasteiger partial charge in [-0.05, 0) is 62.8 Å². The third kappa shape index (κ3) is 3.88. The van der Waals surface area contributed by atoms with Crippen LogP contribution in [0, 0.1) is 19.8 Å². The first kappa shape index (κ1) is 13.7. The highest BCUT2D eigenvalue weighted by Gasteiger charge is 2.15. The molecule has 0 radical (unpaired) electrons. The summed E-state index contributed by atoms with van der Waals surface area (Å²) in [6.45, 7) is 6.50. The Morgan fingerprint density at radius 2 is 1.67 bits per heavy atom. The first-order valence-corrected chi connectivity index (χ1v) is 7.72. The van der Waals surface area contributed by atoms with Gasteiger partial charge >= 0.3 is 0 Å². The Morgan fingerprint density at radius 3 is 2.28 bits per heavy atom. The topological polar surface area (TPSA) is 12.4 Å². The number of aryl methyl sites for hydroxylation is 2. The molecule has 0 aromatic heterocycles. The summed E-state index contributed by atoms with van der Waals surface area (Å²) in [5.41, 5.74) is 3.98. The number of benzene rings is 1. The van der Waals surface area contributed by atoms with E-state index in [2.05, 4.69) is 39.0 Å². The van der Waals surface area contributed by atoms with Gasteiger partial charge in [0, 0.05) is 22.6 Å². The highest BCUT2D eigenvalue weighted by molar-refractivity contribution is 7.98. The van der Waals surface area contributed by atoms with Crippen molar-refractivity contribution in [2.75, 3.05) is 0 Å². The van der Waals surface area contributed by atoms with Crippen molar-refractivity contribution in [1.82, 2.24) is 0 Å². The zero-order valence-corrected chi connectivity index (χ0v) is 12.5. The van der Waals surface area contributed by atoms with E-state index in [9.17, 15) is 0 Å². The second-order valence-corrected chi connectivity index (χ2v) is 6.32. The normalized spacial score (nSPS) is 18.1. The summed E-state index contributed by atoms with van der Waals surface area (Å²) in [6, 6.07) is 6.65. The van der Waals surface area contributed by atoms with Gasteiger partial charge in [-0.3, -0.25) is 0 Å². The molecular formula is C16H23NS. The lowest BCUT2D eigenvalue weighted by Gasteiger charge is -2.21. The molecule has 1 aromatic rings. The van der Waals surface area contributed by atoms with Gasteiger partial charge in [0.2, 0.25) is 0 Å². The molecule has 2 heteroatoms. The summed E-state index contributed by atoms with van der Waals surface area (Å²) in [6.07, 6.45) is 6.84. The Morgan fingerprint density at radius 1 is 1.06 bits per heavy atom. The van der Waals surface area contributed by atoms with Gasteiger partial charge in [0.05, 0.1) is 0 Å². The Labute approximate surface area is 115 Å². The first-order valence-electron chi connectivity index (χ1n) is 6.95. The fourth-order valence-corrected chi connectivity index (χ4v) is 3.58. The van der Waals surface area contributed by atoms with Crippen LogP contribution in [0.3, 0.4) is 0 Å². The predicted octanol–water partition coefficient (Wildman–Crippen LogP) is 5.35. The van der Waals surface area contributed by atoms with E-state index in [-0.39, 0.29) is 0 Å². The summed E-state index contributed by atoms with van der Waals surface area (Å²) in [5, 5.41) is 0. The van der Waals surface area contributed by atoms with Gasteiger partial charge < -0.3 is 0 Å². The van der Waals surface area contributed by atoms with Crippen molar-refractivity contribution in [1.29, 1.82) is 0 Å². The van der Waals surface area contributed by atoms with Crippen molar-refractivity contribution in [3.63, 3.8) is 0 Å². The van der Waals surface area contributed by atoms with E-state index in [1.54, 1.807) is 11.9 Å². The van der Waals surface area contributed by atoms with Crippen molar-refractivity contribution < 1.29 is 0 Å². The maximum atomic E-state index is 4.73. The van der Waals surface area contributed by atoms with Crippen molar-refractivity contribution in [2.24, 2.45) is 10.3 Å². The standard InChI is InChI=1S/C16H23NS/c1-12-9-13(2)11-16(10-12)18-17-14(3)15-7-5-4-6-8-15/h9-11,15H,4-8H2,1-3H3/b17-14+. The van der Waals surface area contributed by atoms with E-state index in [1.807, 2.05) is 0 Å². The number of rotatable bonds is 3. The smallest absolute Gasteiger partial charge is 0.0310 e. The predicted molar refractivity (Wildman–Crippen MR) is 81.5 cm³/mol. The molecule has 0 aliphatic heterocycles. The van der Waals surface area contributed by atoms with Crippen LogP contribution in [-0.4, -0.2) is 5.71 Å². The lowest BCUT2D eigenvalue weighted by atomic mass is 9.86. The molecule has 1 aliphatic carbocycles. The van der Waals surface area contributed by atoms with Crippen molar-refractivity contribution in [3.8, 4) is 0 Å². The molecule has 1 fully saturated rings. The Balaban J connectivity index is 2.00. The van der Waals surface area contributed by atoms with Gasteiger partial charge in [0.15, 0.2) is 0 Å². The summed E-state index contributed by atoms with van der Waals surface area (Å²) in [4.78, 5) is 1.27. The molecule has 1 saturated carbocycles. The SMILES string of the molecule is C/C(=N\Sc1cc(C)cc(C)c1)C1CCCCC1. The van der Waals surface area contributed by atoms with Crippen LogP contribution in [-0.2, 0) is 0 Å². The van der Waals surface area contributed by atoms with Crippen molar-refractivity contribution in [2.45, 2.75) is 57.8 Å². The minimum absolute atomic E-state index is 0.733. The van der Waals surface area contributed by atoms with Crippen LogP contribution in [0.2, 0.25) is 0 Å². The lowest BCUT2D eigenvalue weighted by Crippen LogP contribution is -2.14. The molecule has 1 nitrogen and oxygen atoms in total. The van der Waals surface area contributed by atoms with Gasteiger partial charge in [0.25, 0.3) is 0 Å². The zero-order valence-electron chi connectivity index (χ0n) is 11.7. The van der Waals surface area contributed by atoms with Crippen LogP contribution in [0.5, 0.6) is 0 Å². The maximum absolute atomic E-state index is 4.73. The third-order valence-corrected chi connectivity index (χ3v) is 4.51. The quantitative estimate of drug-likeness (QED) is 0.527. The van der Waals surface area contributed by atoms with Crippen molar-refractivity contribution in [3.05, 3.63) is 29.3 Å². The Bertz CT molecular complexity index is 410. The Hall–Kier alpha value is -0.760. The summed E-state index contributed by atoms with van der Waals surface area (Å²) in [7, 11) is 0. The maximum Gasteiger partial charge on any atom is 0.0310 e. The molecule has 0 saturated heterocycles. The molecule has 0 atom stereocenters. The van der Waals surface area contributed by atoms with Gasteiger partial charge in [-0.15, -0.1) is 0 Å². The number of hydrogen-bond acceptors (Lipinski definition) is 2. The summed E-state index contributed by atoms with van der Waals surface area (Å²) >= 11 is 1.64. The zero-order chi connectivity index (χ0) is 13.0. The van der Waals surface area contributed by atoms with Crippen molar-refractivity contribution >= 4 is 17.7 Å². The monoisotopic (exact) mass is 261 g/mol. The van der Waals surface area contributed by atoms with E-state index in [4.69, 9.17) is 4.40 Å². The summed E-state index contributed by atoms with van der Waals surface area (Å²) in [5.74, 6) is 0.733. The number of hydrogen-bond donors (Lipinski definition) is 0. The first-order chi connectivity index (χ1) is 8.65. The van der Waals surface area contributed by atoms with E-state index < -0.39 is 0 Å². The summed E-state index contributed by atoms with van der Waals surface area (Å²) < 4.78 is 4.73. The second-order valence-electron chi connectivity index (χ2n) is 5.48. The fourth-order valence-electron chi connectivity index (χ4n) is 2.71. The molecule has 98 valence electrons. The minimum atomic E-state index is 0.733. The van der Waals surface area contributed by atoms with Crippen LogP contribution in [0.15, 0.2) is 27.5 Å². The third-order valence-electron chi connectivity index (χ3n) is 3.69. The van der Waals surface area contributed by atoms with Gasteiger partial charge in [-0.1, -0.05) is 25.3 Å². The lowest BCUT2D eigenvalue weighted by molar-refractivity contribution is 0.439. The number of nitrogens with zero attached hydrogens (tertiary/aromatic N) is 1. The van der Waals surface area contributed by atoms with Crippen LogP contribution >= 0.6 is 11.9 Å². The fraction of sp³-hybridized carbons (Fsp3) is 0.562. The molecule has 18 heavy (non-hydrogen) atoms. The minimum Gasteiger partial charge on any atom is -0.220 e. The average Bonchev–Trinajstić information content (AvgIpc) is 2.36. The van der Waals surface area contributed by atoms with E-state index in [1.165, 1.54) is 53.8 Å². The molecule has 0 unspecified atom stereocenters. The van der Waals surface area contributed by atoms with Crippen LogP contribution in [0.1, 0.15) is 50.2 Å². The molecule has 0 N–H and O–H groups in total. The molecule has 1 aliphatic rings. The molecular weight excluding hydrogens is 238 g/mol. The van der Waals surface area contributed by atoms with E-state index in [0.717, 1.165) is 5.92 Å². The molecule has 0 amide bonds. The van der Waals surface area contributed by atoms with Gasteiger partial charge in [0.1, 0.15) is 0 Å². The molecule has 0 bridgehead atoms. The van der Waals surface area contributed by atoms with Crippen LogP contribution < -0.4 is 0 Å². The van der Waals surface area contributed by atoms with Crippen LogP contribution in [0.25, 0.3) is 0 Å². The molecule has 0 spiro atoms. The van der Waals surface area contributed by atoms with E-state index >= 15 is 0 Å². The average molecular weight is 261 g/mol. The molecule has 0 heterocycles.